The lowest BCUT2D eigenvalue weighted by molar-refractivity contribution is 0.0600. The van der Waals surface area contributed by atoms with E-state index >= 15 is 0 Å². The Balaban J connectivity index is 1.89. The lowest BCUT2D eigenvalue weighted by atomic mass is 10.2. The Bertz CT molecular complexity index is 569. The van der Waals surface area contributed by atoms with E-state index < -0.39 is 15.8 Å². The van der Waals surface area contributed by atoms with Crippen LogP contribution < -0.4 is 5.32 Å². The summed E-state index contributed by atoms with van der Waals surface area (Å²) in [5, 5.41) is 3.20. The van der Waals surface area contributed by atoms with Crippen LogP contribution in [0.15, 0.2) is 18.3 Å². The van der Waals surface area contributed by atoms with Gasteiger partial charge in [-0.3, -0.25) is 4.98 Å². The van der Waals surface area contributed by atoms with Gasteiger partial charge in [-0.25, -0.2) is 13.2 Å². The van der Waals surface area contributed by atoms with E-state index in [1.165, 1.54) is 13.3 Å². The Morgan fingerprint density at radius 2 is 2.30 bits per heavy atom. The predicted molar refractivity (Wildman–Crippen MR) is 74.1 cm³/mol. The van der Waals surface area contributed by atoms with Crippen molar-refractivity contribution in [2.75, 3.05) is 18.6 Å². The number of methoxy groups -OCH3 is 1. The van der Waals surface area contributed by atoms with Gasteiger partial charge in [-0.15, -0.1) is 0 Å². The first-order valence-corrected chi connectivity index (χ1v) is 8.29. The second-order valence-electron chi connectivity index (χ2n) is 4.86. The number of carbonyl (C=O) groups is 1. The van der Waals surface area contributed by atoms with E-state index in [9.17, 15) is 13.2 Å². The van der Waals surface area contributed by atoms with Gasteiger partial charge in [-0.2, -0.15) is 0 Å². The van der Waals surface area contributed by atoms with Crippen LogP contribution in [0.2, 0.25) is 0 Å². The van der Waals surface area contributed by atoms with E-state index in [1.54, 1.807) is 12.1 Å². The molecule has 1 saturated heterocycles. The van der Waals surface area contributed by atoms with E-state index in [4.69, 9.17) is 0 Å². The number of carbonyl (C=O) groups excluding carboxylic acids is 1. The molecule has 7 heteroatoms. The van der Waals surface area contributed by atoms with Crippen molar-refractivity contribution >= 4 is 15.8 Å². The fraction of sp³-hybridized carbons (Fsp3) is 0.538. The molecule has 0 amide bonds. The summed E-state index contributed by atoms with van der Waals surface area (Å²) < 4.78 is 27.6. The molecule has 0 saturated carbocycles. The number of sulfone groups is 1. The zero-order chi connectivity index (χ0) is 14.6. The highest BCUT2D eigenvalue weighted by atomic mass is 32.2. The average Bonchev–Trinajstić information content (AvgIpc) is 2.44. The third-order valence-electron chi connectivity index (χ3n) is 3.28. The van der Waals surface area contributed by atoms with Crippen LogP contribution in [0.3, 0.4) is 0 Å². The van der Waals surface area contributed by atoms with E-state index in [0.29, 0.717) is 18.5 Å². The first-order valence-electron chi connectivity index (χ1n) is 6.47. The molecule has 1 unspecified atom stereocenters. The predicted octanol–water partition coefficient (Wildman–Crippen LogP) is 0.535. The second-order valence-corrected chi connectivity index (χ2v) is 7.09. The van der Waals surface area contributed by atoms with Crippen LogP contribution in [-0.4, -0.2) is 44.0 Å². The van der Waals surface area contributed by atoms with Crippen molar-refractivity contribution in [2.24, 2.45) is 0 Å². The molecule has 1 aliphatic heterocycles. The van der Waals surface area contributed by atoms with Crippen molar-refractivity contribution < 1.29 is 17.9 Å². The van der Waals surface area contributed by atoms with Crippen molar-refractivity contribution in [1.82, 2.24) is 10.3 Å². The third-order valence-corrected chi connectivity index (χ3v) is 5.10. The van der Waals surface area contributed by atoms with Gasteiger partial charge < -0.3 is 10.1 Å². The smallest absolute Gasteiger partial charge is 0.339 e. The van der Waals surface area contributed by atoms with Crippen molar-refractivity contribution in [3.05, 3.63) is 29.6 Å². The van der Waals surface area contributed by atoms with Gasteiger partial charge in [0.1, 0.15) is 0 Å². The molecule has 1 atom stereocenters. The molecule has 20 heavy (non-hydrogen) atoms. The molecule has 110 valence electrons. The van der Waals surface area contributed by atoms with Crippen LogP contribution in [0, 0.1) is 0 Å². The summed E-state index contributed by atoms with van der Waals surface area (Å²) in [6.45, 7) is 0.488. The Labute approximate surface area is 118 Å². The molecule has 0 aromatic carbocycles. The fourth-order valence-electron chi connectivity index (χ4n) is 2.20. The number of esters is 1. The van der Waals surface area contributed by atoms with E-state index in [2.05, 4.69) is 15.0 Å². The van der Waals surface area contributed by atoms with Crippen LogP contribution in [0.4, 0.5) is 0 Å². The molecule has 0 spiro atoms. The minimum absolute atomic E-state index is 0.0177. The molecular formula is C13H18N2O4S. The second kappa shape index (κ2) is 6.32. The molecule has 6 nitrogen and oxygen atoms in total. The van der Waals surface area contributed by atoms with Crippen LogP contribution in [0.25, 0.3) is 0 Å². The molecule has 2 heterocycles. The summed E-state index contributed by atoms with van der Waals surface area (Å²) in [6.07, 6.45) is 3.02. The molecule has 0 aliphatic carbocycles. The van der Waals surface area contributed by atoms with Crippen molar-refractivity contribution in [3.8, 4) is 0 Å². The Kier molecular flexibility index (Phi) is 4.72. The molecule has 1 aromatic heterocycles. The van der Waals surface area contributed by atoms with Crippen molar-refractivity contribution in [1.29, 1.82) is 0 Å². The number of nitrogens with zero attached hydrogens (tertiary/aromatic N) is 1. The van der Waals surface area contributed by atoms with E-state index in [0.717, 1.165) is 12.1 Å². The highest BCUT2D eigenvalue weighted by Gasteiger charge is 2.24. The number of hydrogen-bond acceptors (Lipinski definition) is 6. The number of hydrogen-bond donors (Lipinski definition) is 1. The maximum absolute atomic E-state index is 11.5. The molecule has 1 aliphatic rings. The topological polar surface area (TPSA) is 85.4 Å². The largest absolute Gasteiger partial charge is 0.465 e. The van der Waals surface area contributed by atoms with Gasteiger partial charge in [0, 0.05) is 18.8 Å². The normalized spacial score (nSPS) is 21.4. The molecule has 0 radical (unpaired) electrons. The maximum atomic E-state index is 11.5. The van der Waals surface area contributed by atoms with Gasteiger partial charge in [0.15, 0.2) is 9.84 Å². The molecule has 2 rings (SSSR count). The highest BCUT2D eigenvalue weighted by molar-refractivity contribution is 7.91. The van der Waals surface area contributed by atoms with Crippen LogP contribution >= 0.6 is 0 Å². The van der Waals surface area contributed by atoms with Gasteiger partial charge >= 0.3 is 5.97 Å². The highest BCUT2D eigenvalue weighted by Crippen LogP contribution is 2.12. The summed E-state index contributed by atoms with van der Waals surface area (Å²) in [5.41, 5.74) is 1.16. The molecule has 0 bridgehead atoms. The summed E-state index contributed by atoms with van der Waals surface area (Å²) in [4.78, 5) is 15.4. The van der Waals surface area contributed by atoms with Crippen LogP contribution in [0.1, 0.15) is 28.9 Å². The molecule has 1 fully saturated rings. The fourth-order valence-corrected chi connectivity index (χ4v) is 3.87. The van der Waals surface area contributed by atoms with Gasteiger partial charge in [-0.05, 0) is 25.0 Å². The van der Waals surface area contributed by atoms with Crippen LogP contribution in [-0.2, 0) is 21.1 Å². The van der Waals surface area contributed by atoms with E-state index in [1.807, 2.05) is 0 Å². The monoisotopic (exact) mass is 298 g/mol. The summed E-state index contributed by atoms with van der Waals surface area (Å²) in [6, 6.07) is 3.36. The number of ether oxygens (including phenoxy) is 1. The quantitative estimate of drug-likeness (QED) is 0.816. The first kappa shape index (κ1) is 14.9. The van der Waals surface area contributed by atoms with Gasteiger partial charge in [-0.1, -0.05) is 0 Å². The Morgan fingerprint density at radius 3 is 2.90 bits per heavy atom. The van der Waals surface area contributed by atoms with E-state index in [-0.39, 0.29) is 17.5 Å². The summed E-state index contributed by atoms with van der Waals surface area (Å²) in [7, 11) is -1.58. The average molecular weight is 298 g/mol. The standard InChI is InChI=1S/C13H18N2O4S/c1-19-13(16)10-4-5-11(14-7-10)8-15-12-3-2-6-20(17,18)9-12/h4-5,7,12,15H,2-3,6,8-9H2,1H3. The zero-order valence-electron chi connectivity index (χ0n) is 11.3. The molecule has 1 aromatic rings. The minimum atomic E-state index is -2.90. The maximum Gasteiger partial charge on any atom is 0.339 e. The van der Waals surface area contributed by atoms with Crippen molar-refractivity contribution in [2.45, 2.75) is 25.4 Å². The third kappa shape index (κ3) is 4.01. The summed E-state index contributed by atoms with van der Waals surface area (Å²) in [5.74, 6) is 0.0557. The number of pyridine rings is 1. The molecular weight excluding hydrogens is 280 g/mol. The SMILES string of the molecule is COC(=O)c1ccc(CNC2CCCS(=O)(=O)C2)nc1. The number of rotatable bonds is 4. The Morgan fingerprint density at radius 1 is 1.50 bits per heavy atom. The zero-order valence-corrected chi connectivity index (χ0v) is 12.1. The minimum Gasteiger partial charge on any atom is -0.465 e. The first-order chi connectivity index (χ1) is 9.50. The lowest BCUT2D eigenvalue weighted by Gasteiger charge is -2.22. The van der Waals surface area contributed by atoms with Gasteiger partial charge in [0.25, 0.3) is 0 Å². The summed E-state index contributed by atoms with van der Waals surface area (Å²) >= 11 is 0. The number of aromatic nitrogens is 1. The van der Waals surface area contributed by atoms with Gasteiger partial charge in [0.2, 0.25) is 0 Å². The van der Waals surface area contributed by atoms with Crippen molar-refractivity contribution in [3.63, 3.8) is 0 Å². The van der Waals surface area contributed by atoms with Crippen LogP contribution in [0.5, 0.6) is 0 Å². The van der Waals surface area contributed by atoms with Gasteiger partial charge in [0.05, 0.1) is 29.9 Å². The molecule has 1 N–H and O–H groups in total. The lowest BCUT2D eigenvalue weighted by Crippen LogP contribution is -2.39. The Hall–Kier alpha value is -1.47. The number of nitrogens with one attached hydrogen (secondary N) is 1.